The Balaban J connectivity index is 0.000000116. The summed E-state index contributed by atoms with van der Waals surface area (Å²) in [5.41, 5.74) is 36.3. The molecule has 0 bridgehead atoms. The molecule has 1 aliphatic carbocycles. The van der Waals surface area contributed by atoms with Crippen LogP contribution in [0.25, 0.3) is 216 Å². The van der Waals surface area contributed by atoms with Gasteiger partial charge in [-0.3, -0.25) is 0 Å². The Labute approximate surface area is 859 Å². The fourth-order valence-electron chi connectivity index (χ4n) is 19.0. The molecular formula is C132H94BI2O2S3+. The SMILES string of the molecule is CC1(C)OB(c2cccc(-c3ccc(-c4ccccc4)cc3)c2)OC1(C)C.IC1=[C+]C=Cc2c1sc1c(I)cccc21.c1ccc(-c2ccc(-c3cccc(-c4cccc5c4sc4c(-c6cccc(-c7ccc(-c8ccccc8)cc7)c6)cccc45)c3)cc2)cc1.c1ccc(-c2ccc(-c3cccc(-c4cccc5c4sc4c(-c6cccc(-c7ccc(-c8ccccc8)cc7)c6)cccc45)c3)cc2)cc1. The molecule has 0 spiro atoms. The van der Waals surface area contributed by atoms with Crippen molar-refractivity contribution in [2.24, 2.45) is 0 Å². The second-order valence-electron chi connectivity index (χ2n) is 36.4. The first-order valence-electron chi connectivity index (χ1n) is 47.4. The Morgan fingerprint density at radius 1 is 0.214 bits per heavy atom. The van der Waals surface area contributed by atoms with Gasteiger partial charge in [-0.1, -0.05) is 466 Å². The van der Waals surface area contributed by atoms with Gasteiger partial charge in [-0.15, -0.1) is 22.7 Å². The van der Waals surface area contributed by atoms with E-state index in [1.165, 1.54) is 224 Å². The Hall–Kier alpha value is -14.4. The molecule has 0 unspecified atom stereocenters. The fraction of sp³-hybridized carbons (Fsp3) is 0.0455. The number of allylic oxidation sites excluding steroid dienone is 2. The van der Waals surface area contributed by atoms with E-state index in [0.29, 0.717) is 0 Å². The molecule has 1 saturated heterocycles. The molecule has 668 valence electrons. The van der Waals surface area contributed by atoms with Crippen molar-refractivity contribution in [3.63, 3.8) is 0 Å². The van der Waals surface area contributed by atoms with Gasteiger partial charge in [-0.25, -0.2) is 0 Å². The Kier molecular flexibility index (Phi) is 26.1. The first-order valence-corrected chi connectivity index (χ1v) is 52.0. The predicted octanol–water partition coefficient (Wildman–Crippen LogP) is 38.5. The molecule has 3 aromatic heterocycles. The normalized spacial score (nSPS) is 12.8. The van der Waals surface area contributed by atoms with Crippen molar-refractivity contribution in [2.45, 2.75) is 38.9 Å². The molecule has 2 aliphatic rings. The Morgan fingerprint density at radius 2 is 0.443 bits per heavy atom. The molecule has 0 radical (unpaired) electrons. The highest BCUT2D eigenvalue weighted by Gasteiger charge is 2.52. The maximum atomic E-state index is 6.20. The summed E-state index contributed by atoms with van der Waals surface area (Å²) in [5.74, 6) is 0. The van der Waals surface area contributed by atoms with Crippen LogP contribution in [0.3, 0.4) is 0 Å². The Morgan fingerprint density at radius 3 is 0.736 bits per heavy atom. The van der Waals surface area contributed by atoms with Crippen molar-refractivity contribution < 1.29 is 9.31 Å². The summed E-state index contributed by atoms with van der Waals surface area (Å²) in [4.78, 5) is 1.36. The first-order chi connectivity index (χ1) is 68.7. The third-order valence-corrected chi connectivity index (χ3v) is 33.5. The molecular weight excluding hydrogens is 1980 g/mol. The second-order valence-corrected chi connectivity index (χ2v) is 41.7. The standard InChI is InChI=1S/2C48H32S.C24H25BO2.C12H5I2S/c2*1-3-11-33(12-4-1)35-23-27-37(28-24-35)39-15-7-17-41(31-39)43-19-9-21-45-46-22-10-20-44(48(46)49-47(43)45)42-18-8-16-40(32-42)38-29-25-36(26-30-38)34-13-5-2-6-14-34;1-23(2)24(3,4)27-25(26-23)22-12-8-11-21(17-22)20-15-13-19(14-16-20)18-9-6-5-7-10-18;13-9-5-1-3-7-8-4-2-6-10(14)12(8)15-11(7)9/h2*1-32H;5-17H,1-4H3;1-5H/q;;;+1. The van der Waals surface area contributed by atoms with Gasteiger partial charge in [0, 0.05) is 71.9 Å². The van der Waals surface area contributed by atoms with Gasteiger partial charge in [-0.05, 0) is 242 Å². The summed E-state index contributed by atoms with van der Waals surface area (Å²) in [6.45, 7) is 8.33. The number of thiophene rings is 3. The number of benzene rings is 20. The van der Waals surface area contributed by atoms with Crippen LogP contribution in [0, 0.1) is 9.65 Å². The molecule has 0 saturated carbocycles. The molecule has 25 rings (SSSR count). The van der Waals surface area contributed by atoms with Gasteiger partial charge < -0.3 is 9.31 Å². The van der Waals surface area contributed by atoms with Crippen molar-refractivity contribution in [2.75, 3.05) is 0 Å². The monoisotopic (exact) mass is 2070 g/mol. The van der Waals surface area contributed by atoms with Crippen LogP contribution in [0.4, 0.5) is 0 Å². The van der Waals surface area contributed by atoms with Crippen LogP contribution >= 0.6 is 79.2 Å². The van der Waals surface area contributed by atoms with E-state index in [0.717, 1.165) is 5.46 Å². The van der Waals surface area contributed by atoms with Gasteiger partial charge in [0.25, 0.3) is 0 Å². The van der Waals surface area contributed by atoms with E-state index in [1.54, 1.807) is 0 Å². The van der Waals surface area contributed by atoms with Crippen molar-refractivity contribution in [3.05, 3.63) is 511 Å². The average molecular weight is 2070 g/mol. The maximum Gasteiger partial charge on any atom is 0.494 e. The highest BCUT2D eigenvalue weighted by molar-refractivity contribution is 14.1. The predicted molar refractivity (Wildman–Crippen MR) is 621 cm³/mol. The Bertz CT molecular complexity index is 7760. The number of hydrogen-bond acceptors (Lipinski definition) is 5. The van der Waals surface area contributed by atoms with E-state index in [9.17, 15) is 0 Å². The van der Waals surface area contributed by atoms with E-state index in [4.69, 9.17) is 9.31 Å². The van der Waals surface area contributed by atoms with Crippen LogP contribution in [-0.4, -0.2) is 18.3 Å². The lowest BCUT2D eigenvalue weighted by Gasteiger charge is -2.32. The summed E-state index contributed by atoms with van der Waals surface area (Å²) in [7, 11) is -0.335. The molecule has 8 heteroatoms. The number of rotatable bonds is 15. The van der Waals surface area contributed by atoms with Crippen LogP contribution in [0.2, 0.25) is 0 Å². The van der Waals surface area contributed by atoms with Crippen molar-refractivity contribution >= 4 is 152 Å². The highest BCUT2D eigenvalue weighted by Crippen LogP contribution is 2.50. The lowest BCUT2D eigenvalue weighted by Crippen LogP contribution is -2.41. The second kappa shape index (κ2) is 40.2. The van der Waals surface area contributed by atoms with Crippen LogP contribution in [0.1, 0.15) is 38.1 Å². The van der Waals surface area contributed by atoms with E-state index in [2.05, 4.69) is 564 Å². The number of fused-ring (bicyclic) bond motifs is 9. The minimum absolute atomic E-state index is 0.328. The average Bonchev–Trinajstić information content (AvgIpc) is 1.60. The molecule has 140 heavy (non-hydrogen) atoms. The maximum absolute atomic E-state index is 6.20. The van der Waals surface area contributed by atoms with Crippen LogP contribution < -0.4 is 5.46 Å². The molecule has 4 heterocycles. The fourth-order valence-corrected chi connectivity index (χ4v) is 24.5. The molecule has 2 nitrogen and oxygen atoms in total. The quantitative estimate of drug-likeness (QED) is 0.0579. The summed E-state index contributed by atoms with van der Waals surface area (Å²) in [5, 5.41) is 6.61. The summed E-state index contributed by atoms with van der Waals surface area (Å²) in [6, 6.07) is 175. The first kappa shape index (κ1) is 90.8. The zero-order valence-corrected chi connectivity index (χ0v) is 84.5. The molecule has 0 amide bonds. The third kappa shape index (κ3) is 19.0. The molecule has 23 aromatic rings. The van der Waals surface area contributed by atoms with E-state index >= 15 is 0 Å². The summed E-state index contributed by atoms with van der Waals surface area (Å²) in [6.07, 6.45) is 7.42. The lowest BCUT2D eigenvalue weighted by molar-refractivity contribution is 0.00578. The largest absolute Gasteiger partial charge is 0.494 e. The highest BCUT2D eigenvalue weighted by atomic mass is 127. The van der Waals surface area contributed by atoms with Gasteiger partial charge in [0.2, 0.25) is 0 Å². The van der Waals surface area contributed by atoms with Gasteiger partial charge in [0.15, 0.2) is 8.46 Å². The molecule has 1 aliphatic heterocycles. The third-order valence-electron chi connectivity index (χ3n) is 27.1. The summed E-state index contributed by atoms with van der Waals surface area (Å²) < 4.78 is 21.7. The van der Waals surface area contributed by atoms with E-state index in [1.807, 2.05) is 46.2 Å². The number of halogens is 2. The van der Waals surface area contributed by atoms with E-state index in [-0.39, 0.29) is 18.3 Å². The number of hydrogen-bond donors (Lipinski definition) is 0. The zero-order valence-electron chi connectivity index (χ0n) is 77.7. The van der Waals surface area contributed by atoms with Gasteiger partial charge >= 0.3 is 7.12 Å². The van der Waals surface area contributed by atoms with E-state index < -0.39 is 0 Å². The van der Waals surface area contributed by atoms with Crippen LogP contribution in [0.15, 0.2) is 491 Å². The molecule has 0 atom stereocenters. The van der Waals surface area contributed by atoms with Crippen molar-refractivity contribution in [3.8, 4) is 156 Å². The van der Waals surface area contributed by atoms with Crippen molar-refractivity contribution in [1.82, 2.24) is 0 Å². The van der Waals surface area contributed by atoms with Crippen LogP contribution in [0.5, 0.6) is 0 Å². The lowest BCUT2D eigenvalue weighted by atomic mass is 9.78. The van der Waals surface area contributed by atoms with Crippen LogP contribution in [-0.2, 0) is 9.31 Å². The molecule has 20 aromatic carbocycles. The topological polar surface area (TPSA) is 18.5 Å². The van der Waals surface area contributed by atoms with Gasteiger partial charge in [0.05, 0.1) is 28.1 Å². The summed E-state index contributed by atoms with van der Waals surface area (Å²) >= 11 is 10.4. The van der Waals surface area contributed by atoms with Gasteiger partial charge in [0.1, 0.15) is 11.6 Å². The molecule has 1 fully saturated rings. The minimum atomic E-state index is -0.335. The van der Waals surface area contributed by atoms with Crippen molar-refractivity contribution in [1.29, 1.82) is 0 Å². The minimum Gasteiger partial charge on any atom is -0.399 e. The smallest absolute Gasteiger partial charge is 0.399 e. The molecule has 0 N–H and O–H groups in total. The van der Waals surface area contributed by atoms with Gasteiger partial charge in [-0.2, -0.15) is 0 Å². The zero-order chi connectivity index (χ0) is 94.6.